The van der Waals surface area contributed by atoms with E-state index in [-0.39, 0.29) is 35.5 Å². The number of ketones is 3. The maximum atomic E-state index is 14.0. The Morgan fingerprint density at radius 3 is 2.44 bits per heavy atom. The van der Waals surface area contributed by atoms with Crippen LogP contribution in [0.4, 0.5) is 0 Å². The van der Waals surface area contributed by atoms with Gasteiger partial charge in [-0.1, -0.05) is 30.3 Å². The number of amides is 1. The van der Waals surface area contributed by atoms with Crippen LogP contribution in [-0.4, -0.2) is 74.3 Å². The Morgan fingerprint density at radius 1 is 1.10 bits per heavy atom. The summed E-state index contributed by atoms with van der Waals surface area (Å²) in [6.07, 6.45) is 3.30. The summed E-state index contributed by atoms with van der Waals surface area (Å²) in [5.41, 5.74) is 4.38. The molecule has 6 N–H and O–H groups in total. The fourth-order valence-corrected chi connectivity index (χ4v) is 6.54. The van der Waals surface area contributed by atoms with Crippen molar-refractivity contribution in [1.29, 1.82) is 0 Å². The number of hydrogen-bond donors (Lipinski definition) is 5. The highest BCUT2D eigenvalue weighted by molar-refractivity contribution is 6.24. The topological polar surface area (TPSA) is 178 Å². The predicted octanol–water partition coefficient (Wildman–Crippen LogP) is 2.23. The zero-order valence-electron chi connectivity index (χ0n) is 22.7. The van der Waals surface area contributed by atoms with E-state index in [0.717, 1.165) is 11.1 Å². The van der Waals surface area contributed by atoms with Crippen LogP contribution in [0.15, 0.2) is 59.4 Å². The first-order valence-electron chi connectivity index (χ1n) is 13.1. The quantitative estimate of drug-likeness (QED) is 0.272. The van der Waals surface area contributed by atoms with Crippen molar-refractivity contribution in [2.45, 2.75) is 31.4 Å². The highest BCUT2D eigenvalue weighted by atomic mass is 16.3. The molecular formula is C31H30N2O8. The third-order valence-electron chi connectivity index (χ3n) is 8.31. The summed E-state index contributed by atoms with van der Waals surface area (Å²) in [7, 11) is 3.11. The minimum absolute atomic E-state index is 0.00223. The molecule has 3 aliphatic carbocycles. The lowest BCUT2D eigenvalue weighted by Gasteiger charge is -2.50. The Kier molecular flexibility index (Phi) is 6.71. The standard InChI is InChI=1S/C31H30N2O8/c1-14(34)7-8-15-5-4-6-16(11-15)18-9-10-21(35)23-19(18)12-17-13-20-25(33(2)3)27(37)24(30(32)40)29(39)31(20,41)28(38)22(17)26(23)36/h4-11,17,20,25,35-36,39,41H,12-13H2,1-3H3,(H2,32,40)/b8-7+. The molecule has 10 nitrogen and oxygen atoms in total. The molecule has 0 spiro atoms. The summed E-state index contributed by atoms with van der Waals surface area (Å²) in [5.74, 6) is -7.04. The van der Waals surface area contributed by atoms with Crippen LogP contribution in [-0.2, 0) is 25.6 Å². The van der Waals surface area contributed by atoms with Crippen LogP contribution in [0.2, 0.25) is 0 Å². The Hall–Kier alpha value is -4.54. The Bertz CT molecular complexity index is 1630. The Balaban J connectivity index is 1.70. The number of nitrogens with two attached hydrogens (primary N) is 1. The normalized spacial score (nSPS) is 25.8. The van der Waals surface area contributed by atoms with Gasteiger partial charge in [-0.05, 0) is 80.2 Å². The molecule has 1 saturated carbocycles. The van der Waals surface area contributed by atoms with Crippen LogP contribution < -0.4 is 5.73 Å². The van der Waals surface area contributed by atoms with Crippen LogP contribution in [0.5, 0.6) is 5.75 Å². The van der Waals surface area contributed by atoms with Crippen molar-refractivity contribution in [1.82, 2.24) is 4.90 Å². The Labute approximate surface area is 235 Å². The first kappa shape index (κ1) is 28.0. The molecule has 2 aromatic carbocycles. The zero-order valence-corrected chi connectivity index (χ0v) is 22.7. The van der Waals surface area contributed by atoms with Crippen LogP contribution >= 0.6 is 0 Å². The van der Waals surface area contributed by atoms with Crippen molar-refractivity contribution in [3.63, 3.8) is 0 Å². The van der Waals surface area contributed by atoms with Crippen molar-refractivity contribution in [2.75, 3.05) is 14.1 Å². The molecular weight excluding hydrogens is 528 g/mol. The summed E-state index contributed by atoms with van der Waals surface area (Å²) in [6.45, 7) is 1.45. The molecule has 1 fully saturated rings. The maximum absolute atomic E-state index is 14.0. The number of benzene rings is 2. The highest BCUT2D eigenvalue weighted by Gasteiger charge is 2.64. The molecule has 3 aliphatic rings. The van der Waals surface area contributed by atoms with E-state index in [4.69, 9.17) is 5.73 Å². The second-order valence-electron chi connectivity index (χ2n) is 11.0. The molecule has 5 rings (SSSR count). The second-order valence-corrected chi connectivity index (χ2v) is 11.0. The number of primary amides is 1. The minimum atomic E-state index is -2.69. The molecule has 0 saturated heterocycles. The number of carbonyl (C=O) groups excluding carboxylic acids is 4. The van der Waals surface area contributed by atoms with Gasteiger partial charge in [0.15, 0.2) is 17.2 Å². The first-order chi connectivity index (χ1) is 19.3. The number of allylic oxidation sites excluding steroid dienone is 1. The number of likely N-dealkylation sites (N-methyl/N-ethyl adjacent to an activating group) is 1. The van der Waals surface area contributed by atoms with Gasteiger partial charge < -0.3 is 26.2 Å². The van der Waals surface area contributed by atoms with Crippen LogP contribution in [0, 0.1) is 11.8 Å². The van der Waals surface area contributed by atoms with Crippen LogP contribution in [0.3, 0.4) is 0 Å². The van der Waals surface area contributed by atoms with Gasteiger partial charge >= 0.3 is 0 Å². The first-order valence-corrected chi connectivity index (χ1v) is 13.1. The molecule has 0 heterocycles. The van der Waals surface area contributed by atoms with E-state index in [9.17, 15) is 39.6 Å². The number of phenols is 1. The number of nitrogens with zero attached hydrogens (tertiary/aromatic N) is 1. The van der Waals surface area contributed by atoms with Crippen molar-refractivity contribution in [3.8, 4) is 16.9 Å². The van der Waals surface area contributed by atoms with Gasteiger partial charge in [0.25, 0.3) is 5.91 Å². The third kappa shape index (κ3) is 4.18. The van der Waals surface area contributed by atoms with Gasteiger partial charge in [-0.2, -0.15) is 0 Å². The lowest BCUT2D eigenvalue weighted by molar-refractivity contribution is -0.153. The van der Waals surface area contributed by atoms with Crippen molar-refractivity contribution in [3.05, 3.63) is 76.1 Å². The maximum Gasteiger partial charge on any atom is 0.255 e. The molecule has 212 valence electrons. The van der Waals surface area contributed by atoms with E-state index in [1.54, 1.807) is 26.2 Å². The van der Waals surface area contributed by atoms with Gasteiger partial charge in [0.2, 0.25) is 5.78 Å². The van der Waals surface area contributed by atoms with E-state index in [1.807, 2.05) is 24.3 Å². The van der Waals surface area contributed by atoms with E-state index in [0.29, 0.717) is 11.1 Å². The van der Waals surface area contributed by atoms with Crippen molar-refractivity contribution < 1.29 is 39.6 Å². The van der Waals surface area contributed by atoms with E-state index in [2.05, 4.69) is 0 Å². The fourth-order valence-electron chi connectivity index (χ4n) is 6.54. The number of Topliss-reactive ketones (excluding diaryl/α,β-unsaturated/α-hetero) is 2. The summed E-state index contributed by atoms with van der Waals surface area (Å²) in [4.78, 5) is 52.2. The van der Waals surface area contributed by atoms with Crippen LogP contribution in [0.1, 0.15) is 30.0 Å². The number of rotatable bonds is 5. The van der Waals surface area contributed by atoms with Gasteiger partial charge in [-0.3, -0.25) is 24.1 Å². The van der Waals surface area contributed by atoms with Gasteiger partial charge in [-0.15, -0.1) is 0 Å². The average molecular weight is 559 g/mol. The lowest BCUT2D eigenvalue weighted by atomic mass is 9.57. The predicted molar refractivity (Wildman–Crippen MR) is 149 cm³/mol. The zero-order chi connectivity index (χ0) is 30.0. The SMILES string of the molecule is CC(=O)/C=C/c1cccc(-c2ccc(O)c3c2CC2CC4C(N(C)C)C(=O)C(C(N)=O)=C(O)C4(O)C(=O)C2=C3O)c1. The molecule has 0 aliphatic heterocycles. The lowest BCUT2D eigenvalue weighted by Crippen LogP contribution is -2.65. The largest absolute Gasteiger partial charge is 0.508 e. The smallest absolute Gasteiger partial charge is 0.255 e. The average Bonchev–Trinajstić information content (AvgIpc) is 2.89. The number of carbonyl (C=O) groups is 4. The van der Waals surface area contributed by atoms with Gasteiger partial charge in [0.05, 0.1) is 11.6 Å². The summed E-state index contributed by atoms with van der Waals surface area (Å²) >= 11 is 0. The Morgan fingerprint density at radius 2 is 1.80 bits per heavy atom. The molecule has 0 bridgehead atoms. The molecule has 2 aromatic rings. The van der Waals surface area contributed by atoms with Gasteiger partial charge in [0.1, 0.15) is 22.8 Å². The molecule has 1 amide bonds. The number of phenolic OH excluding ortho intramolecular Hbond substituents is 1. The molecule has 10 heteroatoms. The monoisotopic (exact) mass is 558 g/mol. The molecule has 4 atom stereocenters. The number of fused-ring (bicyclic) bond motifs is 3. The summed E-state index contributed by atoms with van der Waals surface area (Å²) in [6, 6.07) is 9.26. The number of aliphatic hydroxyl groups is 3. The molecule has 0 radical (unpaired) electrons. The molecule has 4 unspecified atom stereocenters. The highest BCUT2D eigenvalue weighted by Crippen LogP contribution is 2.53. The number of aromatic hydroxyl groups is 1. The van der Waals surface area contributed by atoms with Crippen molar-refractivity contribution in [2.24, 2.45) is 17.6 Å². The number of hydrogen-bond acceptors (Lipinski definition) is 9. The molecule has 41 heavy (non-hydrogen) atoms. The fraction of sp³-hybridized carbons (Fsp3) is 0.290. The van der Waals surface area contributed by atoms with E-state index < -0.39 is 58.0 Å². The summed E-state index contributed by atoms with van der Waals surface area (Å²) < 4.78 is 0. The minimum Gasteiger partial charge on any atom is -0.508 e. The van der Waals surface area contributed by atoms with Gasteiger partial charge in [-0.25, -0.2) is 0 Å². The third-order valence-corrected chi connectivity index (χ3v) is 8.31. The van der Waals surface area contributed by atoms with E-state index >= 15 is 0 Å². The van der Waals surface area contributed by atoms with Crippen LogP contribution in [0.25, 0.3) is 23.0 Å². The van der Waals surface area contributed by atoms with E-state index in [1.165, 1.54) is 24.0 Å². The molecule has 0 aromatic heterocycles. The number of aliphatic hydroxyl groups excluding tert-OH is 2. The van der Waals surface area contributed by atoms with Crippen molar-refractivity contribution >= 4 is 35.1 Å². The summed E-state index contributed by atoms with van der Waals surface area (Å²) in [5, 5.41) is 44.9. The second kappa shape index (κ2) is 9.83. The van der Waals surface area contributed by atoms with Gasteiger partial charge in [0, 0.05) is 11.5 Å².